The fourth-order valence-corrected chi connectivity index (χ4v) is 1.48. The molecule has 10 heavy (non-hydrogen) atoms. The van der Waals surface area contributed by atoms with Gasteiger partial charge in [-0.1, -0.05) is 25.2 Å². The summed E-state index contributed by atoms with van der Waals surface area (Å²) < 4.78 is 0. The lowest BCUT2D eigenvalue weighted by atomic mass is 9.89. The van der Waals surface area contributed by atoms with Crippen molar-refractivity contribution in [1.82, 2.24) is 0 Å². The minimum absolute atomic E-state index is 0.778. The van der Waals surface area contributed by atoms with E-state index in [-0.39, 0.29) is 0 Å². The first-order valence-corrected chi connectivity index (χ1v) is 4.06. The monoisotopic (exact) mass is 136 g/mol. The van der Waals surface area contributed by atoms with E-state index in [1.54, 1.807) is 0 Å². The number of allylic oxidation sites excluding steroid dienone is 3. The molecule has 0 unspecified atom stereocenters. The van der Waals surface area contributed by atoms with Crippen LogP contribution in [0.3, 0.4) is 0 Å². The Morgan fingerprint density at radius 2 is 2.40 bits per heavy atom. The van der Waals surface area contributed by atoms with E-state index in [4.69, 9.17) is 0 Å². The molecule has 0 N–H and O–H groups in total. The fraction of sp³-hybridized carbons (Fsp3) is 0.600. The maximum absolute atomic E-state index is 3.94. The van der Waals surface area contributed by atoms with Crippen LogP contribution in [0, 0.1) is 5.92 Å². The lowest BCUT2D eigenvalue weighted by Gasteiger charge is -2.17. The summed E-state index contributed by atoms with van der Waals surface area (Å²) in [6.07, 6.45) is 6.32. The summed E-state index contributed by atoms with van der Waals surface area (Å²) in [5, 5.41) is 0. The van der Waals surface area contributed by atoms with E-state index in [0.717, 1.165) is 5.92 Å². The van der Waals surface area contributed by atoms with Crippen molar-refractivity contribution in [3.63, 3.8) is 0 Å². The molecule has 0 spiro atoms. The first-order chi connectivity index (χ1) is 4.70. The van der Waals surface area contributed by atoms with E-state index in [2.05, 4.69) is 26.5 Å². The molecular weight excluding hydrogens is 120 g/mol. The second-order valence-electron chi connectivity index (χ2n) is 3.34. The van der Waals surface area contributed by atoms with Gasteiger partial charge < -0.3 is 0 Å². The predicted molar refractivity (Wildman–Crippen MR) is 45.9 cm³/mol. The molecule has 0 saturated carbocycles. The van der Waals surface area contributed by atoms with Crippen LogP contribution in [0.5, 0.6) is 0 Å². The molecular formula is C10H16. The first-order valence-electron chi connectivity index (χ1n) is 4.06. The van der Waals surface area contributed by atoms with Gasteiger partial charge in [0.25, 0.3) is 0 Å². The molecule has 1 rings (SSSR count). The van der Waals surface area contributed by atoms with Crippen molar-refractivity contribution in [1.29, 1.82) is 0 Å². The Kier molecular flexibility index (Phi) is 2.31. The molecule has 0 aromatic carbocycles. The van der Waals surface area contributed by atoms with Gasteiger partial charge in [-0.15, -0.1) is 0 Å². The summed E-state index contributed by atoms with van der Waals surface area (Å²) in [4.78, 5) is 0. The average molecular weight is 136 g/mol. The molecule has 0 heteroatoms. The highest BCUT2D eigenvalue weighted by atomic mass is 14.1. The Balaban J connectivity index is 2.66. The summed E-state index contributed by atoms with van der Waals surface area (Å²) in [5.74, 6) is 0.778. The molecule has 0 aromatic heterocycles. The van der Waals surface area contributed by atoms with Gasteiger partial charge in [0.2, 0.25) is 0 Å². The molecule has 0 aliphatic heterocycles. The van der Waals surface area contributed by atoms with Gasteiger partial charge in [0, 0.05) is 0 Å². The maximum atomic E-state index is 3.94. The Hall–Kier alpha value is -0.520. The van der Waals surface area contributed by atoms with Crippen LogP contribution >= 0.6 is 0 Å². The smallest absolute Gasteiger partial charge is 0.0256 e. The van der Waals surface area contributed by atoms with Crippen LogP contribution in [-0.2, 0) is 0 Å². The third kappa shape index (κ3) is 1.73. The van der Waals surface area contributed by atoms with Gasteiger partial charge in [0.05, 0.1) is 0 Å². The van der Waals surface area contributed by atoms with Crippen molar-refractivity contribution in [2.24, 2.45) is 5.92 Å². The van der Waals surface area contributed by atoms with Crippen molar-refractivity contribution in [2.45, 2.75) is 33.1 Å². The molecule has 1 aliphatic carbocycles. The molecule has 0 nitrogen and oxygen atoms in total. The first kappa shape index (κ1) is 7.59. The van der Waals surface area contributed by atoms with Crippen LogP contribution in [0.1, 0.15) is 33.1 Å². The Morgan fingerprint density at radius 3 is 2.80 bits per heavy atom. The fourth-order valence-electron chi connectivity index (χ4n) is 1.48. The Bertz CT molecular complexity index is 163. The molecule has 0 radical (unpaired) electrons. The zero-order valence-corrected chi connectivity index (χ0v) is 6.98. The van der Waals surface area contributed by atoms with Gasteiger partial charge in [-0.25, -0.2) is 0 Å². The minimum atomic E-state index is 0.778. The summed E-state index contributed by atoms with van der Waals surface area (Å²) in [6, 6.07) is 0. The SMILES string of the molecule is C=C(C)C1=C[C@H](C)CCC1. The van der Waals surface area contributed by atoms with Gasteiger partial charge in [-0.2, -0.15) is 0 Å². The third-order valence-electron chi connectivity index (χ3n) is 2.14. The van der Waals surface area contributed by atoms with Gasteiger partial charge in [0.1, 0.15) is 0 Å². The summed E-state index contributed by atoms with van der Waals surface area (Å²) in [6.45, 7) is 8.33. The minimum Gasteiger partial charge on any atom is -0.0958 e. The van der Waals surface area contributed by atoms with E-state index < -0.39 is 0 Å². The second kappa shape index (κ2) is 3.05. The van der Waals surface area contributed by atoms with Gasteiger partial charge in [0.15, 0.2) is 0 Å². The van der Waals surface area contributed by atoms with Crippen LogP contribution < -0.4 is 0 Å². The standard InChI is InChI=1S/C10H16/c1-8(2)10-6-4-5-9(3)7-10/h7,9H,1,4-6H2,2-3H3/t9-/m1/s1. The molecule has 0 bridgehead atoms. The highest BCUT2D eigenvalue weighted by molar-refractivity contribution is 5.27. The van der Waals surface area contributed by atoms with Crippen LogP contribution in [0.4, 0.5) is 0 Å². The molecule has 56 valence electrons. The zero-order valence-electron chi connectivity index (χ0n) is 6.98. The zero-order chi connectivity index (χ0) is 7.56. The largest absolute Gasteiger partial charge is 0.0958 e. The van der Waals surface area contributed by atoms with E-state index in [9.17, 15) is 0 Å². The normalized spacial score (nSPS) is 25.8. The quantitative estimate of drug-likeness (QED) is 0.518. The maximum Gasteiger partial charge on any atom is -0.0256 e. The van der Waals surface area contributed by atoms with Gasteiger partial charge in [-0.05, 0) is 37.7 Å². The van der Waals surface area contributed by atoms with Crippen molar-refractivity contribution >= 4 is 0 Å². The lowest BCUT2D eigenvalue weighted by molar-refractivity contribution is 0.571. The molecule has 0 fully saturated rings. The average Bonchev–Trinajstić information content (AvgIpc) is 1.88. The lowest BCUT2D eigenvalue weighted by Crippen LogP contribution is -2.00. The van der Waals surface area contributed by atoms with Crippen molar-refractivity contribution in [3.05, 3.63) is 23.8 Å². The van der Waals surface area contributed by atoms with Crippen LogP contribution in [-0.4, -0.2) is 0 Å². The Morgan fingerprint density at radius 1 is 1.70 bits per heavy atom. The van der Waals surface area contributed by atoms with Crippen molar-refractivity contribution in [2.75, 3.05) is 0 Å². The van der Waals surface area contributed by atoms with E-state index >= 15 is 0 Å². The number of hydrogen-bond donors (Lipinski definition) is 0. The van der Waals surface area contributed by atoms with E-state index in [1.165, 1.54) is 30.4 Å². The summed E-state index contributed by atoms with van der Waals surface area (Å²) in [7, 11) is 0. The van der Waals surface area contributed by atoms with Gasteiger partial charge >= 0.3 is 0 Å². The molecule has 0 amide bonds. The van der Waals surface area contributed by atoms with Crippen molar-refractivity contribution < 1.29 is 0 Å². The van der Waals surface area contributed by atoms with Crippen LogP contribution in [0.2, 0.25) is 0 Å². The predicted octanol–water partition coefficient (Wildman–Crippen LogP) is 3.31. The van der Waals surface area contributed by atoms with Crippen molar-refractivity contribution in [3.8, 4) is 0 Å². The Labute approximate surface area is 63.6 Å². The molecule has 1 aliphatic rings. The van der Waals surface area contributed by atoms with Crippen LogP contribution in [0.25, 0.3) is 0 Å². The summed E-state index contributed by atoms with van der Waals surface area (Å²) >= 11 is 0. The molecule has 0 heterocycles. The highest BCUT2D eigenvalue weighted by Crippen LogP contribution is 2.25. The third-order valence-corrected chi connectivity index (χ3v) is 2.14. The number of hydrogen-bond acceptors (Lipinski definition) is 0. The molecule has 0 saturated heterocycles. The highest BCUT2D eigenvalue weighted by Gasteiger charge is 2.08. The topological polar surface area (TPSA) is 0 Å². The van der Waals surface area contributed by atoms with Crippen LogP contribution in [0.15, 0.2) is 23.8 Å². The van der Waals surface area contributed by atoms with E-state index in [0.29, 0.717) is 0 Å². The molecule has 0 aromatic rings. The van der Waals surface area contributed by atoms with Gasteiger partial charge in [-0.3, -0.25) is 0 Å². The number of rotatable bonds is 1. The van der Waals surface area contributed by atoms with E-state index in [1.807, 2.05) is 0 Å². The molecule has 1 atom stereocenters. The summed E-state index contributed by atoms with van der Waals surface area (Å²) in [5.41, 5.74) is 2.74. The second-order valence-corrected chi connectivity index (χ2v) is 3.34.